The smallest absolute Gasteiger partial charge is 0.246 e. The average molecular weight is 378 g/mol. The molecule has 0 aliphatic heterocycles. The van der Waals surface area contributed by atoms with Gasteiger partial charge < -0.3 is 4.79 Å². The van der Waals surface area contributed by atoms with Crippen LogP contribution in [0.4, 0.5) is 0 Å². The SMILES string of the molecule is CCCCC/C=C/C/C=C(/C/C=C/C/C(=C/CCCC=O)[N+](=O)[O-])[N+](=O)[O-]. The highest BCUT2D eigenvalue weighted by molar-refractivity contribution is 5.49. The van der Waals surface area contributed by atoms with E-state index in [1.165, 1.54) is 12.5 Å². The molecule has 0 unspecified atom stereocenters. The van der Waals surface area contributed by atoms with Crippen molar-refractivity contribution < 1.29 is 14.6 Å². The molecule has 0 saturated carbocycles. The van der Waals surface area contributed by atoms with Gasteiger partial charge in [0.05, 0.1) is 22.7 Å². The molecule has 0 spiro atoms. The van der Waals surface area contributed by atoms with Gasteiger partial charge in [0.1, 0.15) is 6.29 Å². The first-order chi connectivity index (χ1) is 13.0. The van der Waals surface area contributed by atoms with Crippen LogP contribution in [0, 0.1) is 20.2 Å². The highest BCUT2D eigenvalue weighted by atomic mass is 16.6. The summed E-state index contributed by atoms with van der Waals surface area (Å²) in [5.41, 5.74) is 0.126. The van der Waals surface area contributed by atoms with Crippen molar-refractivity contribution in [2.45, 2.75) is 71.1 Å². The van der Waals surface area contributed by atoms with Crippen molar-refractivity contribution in [1.82, 2.24) is 0 Å². The number of carbonyl (C=O) groups is 1. The number of hydrogen-bond acceptors (Lipinski definition) is 5. The maximum absolute atomic E-state index is 11.1. The molecule has 0 aliphatic carbocycles. The van der Waals surface area contributed by atoms with Crippen molar-refractivity contribution in [1.29, 1.82) is 0 Å². The Bertz CT molecular complexity index is 577. The predicted octanol–water partition coefficient (Wildman–Crippen LogP) is 5.54. The largest absolute Gasteiger partial charge is 0.303 e. The molecule has 0 fully saturated rings. The first kappa shape index (κ1) is 24.4. The zero-order valence-corrected chi connectivity index (χ0v) is 16.0. The maximum atomic E-state index is 11.1. The second kappa shape index (κ2) is 16.9. The lowest BCUT2D eigenvalue weighted by molar-refractivity contribution is -0.427. The van der Waals surface area contributed by atoms with E-state index < -0.39 is 9.85 Å². The van der Waals surface area contributed by atoms with E-state index in [-0.39, 0.29) is 24.2 Å². The molecule has 0 N–H and O–H groups in total. The van der Waals surface area contributed by atoms with Crippen LogP contribution in [-0.2, 0) is 4.79 Å². The van der Waals surface area contributed by atoms with Crippen LogP contribution in [-0.4, -0.2) is 16.1 Å². The first-order valence-corrected chi connectivity index (χ1v) is 9.43. The summed E-state index contributed by atoms with van der Waals surface area (Å²) in [6.45, 7) is 2.14. The Morgan fingerprint density at radius 3 is 1.96 bits per heavy atom. The molecular weight excluding hydrogens is 348 g/mol. The minimum atomic E-state index is -0.459. The summed E-state index contributed by atoms with van der Waals surface area (Å²) in [6.07, 6.45) is 17.6. The first-order valence-electron chi connectivity index (χ1n) is 9.43. The Hall–Kier alpha value is -2.57. The third-order valence-corrected chi connectivity index (χ3v) is 3.83. The molecule has 0 rings (SSSR count). The van der Waals surface area contributed by atoms with Gasteiger partial charge in [0.2, 0.25) is 11.4 Å². The van der Waals surface area contributed by atoms with Crippen molar-refractivity contribution in [3.05, 3.63) is 68.1 Å². The van der Waals surface area contributed by atoms with E-state index >= 15 is 0 Å². The van der Waals surface area contributed by atoms with Gasteiger partial charge in [0.15, 0.2) is 0 Å². The number of aldehydes is 1. The summed E-state index contributed by atoms with van der Waals surface area (Å²) < 4.78 is 0. The van der Waals surface area contributed by atoms with Gasteiger partial charge >= 0.3 is 0 Å². The Morgan fingerprint density at radius 2 is 1.41 bits per heavy atom. The number of unbranched alkanes of at least 4 members (excludes halogenated alkanes) is 5. The van der Waals surface area contributed by atoms with Crippen LogP contribution in [0.3, 0.4) is 0 Å². The molecule has 0 aromatic heterocycles. The number of allylic oxidation sites excluding steroid dienone is 6. The fourth-order valence-corrected chi connectivity index (χ4v) is 2.27. The quantitative estimate of drug-likeness (QED) is 0.115. The molecule has 150 valence electrons. The van der Waals surface area contributed by atoms with Gasteiger partial charge in [-0.3, -0.25) is 20.2 Å². The minimum absolute atomic E-state index is 0.0406. The number of hydrogen-bond donors (Lipinski definition) is 0. The monoisotopic (exact) mass is 378 g/mol. The second-order valence-corrected chi connectivity index (χ2v) is 6.09. The summed E-state index contributed by atoms with van der Waals surface area (Å²) in [4.78, 5) is 31.4. The highest BCUT2D eigenvalue weighted by Gasteiger charge is 2.09. The molecule has 0 atom stereocenters. The van der Waals surface area contributed by atoms with Crippen LogP contribution in [0.2, 0.25) is 0 Å². The molecule has 7 heteroatoms. The van der Waals surface area contributed by atoms with E-state index in [0.717, 1.165) is 25.5 Å². The van der Waals surface area contributed by atoms with Gasteiger partial charge in [-0.15, -0.1) is 0 Å². The molecule has 0 aromatic rings. The van der Waals surface area contributed by atoms with Gasteiger partial charge in [-0.05, 0) is 44.3 Å². The van der Waals surface area contributed by atoms with E-state index in [4.69, 9.17) is 0 Å². The lowest BCUT2D eigenvalue weighted by Gasteiger charge is -1.96. The van der Waals surface area contributed by atoms with Gasteiger partial charge in [-0.25, -0.2) is 0 Å². The van der Waals surface area contributed by atoms with Crippen molar-refractivity contribution >= 4 is 6.29 Å². The number of nitrogens with zero attached hydrogens (tertiary/aromatic N) is 2. The Balaban J connectivity index is 4.48. The predicted molar refractivity (Wildman–Crippen MR) is 106 cm³/mol. The standard InChI is InChI=1S/C20H30N2O5/c1-2-3-4-5-6-7-9-14-19(21(24)25)16-11-12-17-20(22(26)27)15-10-8-13-18-23/h6-7,11-12,14-15,18H,2-5,8-10,13,16-17H2,1H3/b7-6+,12-11+,19-14-,20-15-. The van der Waals surface area contributed by atoms with Crippen molar-refractivity contribution in [3.63, 3.8) is 0 Å². The van der Waals surface area contributed by atoms with Gasteiger partial charge in [0.25, 0.3) is 0 Å². The van der Waals surface area contributed by atoms with E-state index in [1.807, 2.05) is 12.2 Å². The normalized spacial score (nSPS) is 12.8. The lowest BCUT2D eigenvalue weighted by atomic mass is 10.1. The third kappa shape index (κ3) is 14.3. The highest BCUT2D eigenvalue weighted by Crippen LogP contribution is 2.10. The fraction of sp³-hybridized carbons (Fsp3) is 0.550. The van der Waals surface area contributed by atoms with Gasteiger partial charge in [-0.2, -0.15) is 0 Å². The van der Waals surface area contributed by atoms with Crippen LogP contribution in [0.25, 0.3) is 0 Å². The molecule has 0 bridgehead atoms. The van der Waals surface area contributed by atoms with Crippen LogP contribution < -0.4 is 0 Å². The maximum Gasteiger partial charge on any atom is 0.246 e. The molecule has 0 amide bonds. The van der Waals surface area contributed by atoms with E-state index in [1.54, 1.807) is 18.2 Å². The average Bonchev–Trinajstić information content (AvgIpc) is 2.63. The van der Waals surface area contributed by atoms with Crippen molar-refractivity contribution in [3.8, 4) is 0 Å². The fourth-order valence-electron chi connectivity index (χ4n) is 2.27. The van der Waals surface area contributed by atoms with Crippen LogP contribution in [0.5, 0.6) is 0 Å². The number of rotatable bonds is 16. The Labute approximate surface area is 160 Å². The zero-order chi connectivity index (χ0) is 20.3. The molecule has 0 radical (unpaired) electrons. The zero-order valence-electron chi connectivity index (χ0n) is 16.0. The topological polar surface area (TPSA) is 103 Å². The summed E-state index contributed by atoms with van der Waals surface area (Å²) in [5.74, 6) is 0. The number of carbonyl (C=O) groups excluding carboxylic acids is 1. The summed E-state index contributed by atoms with van der Waals surface area (Å²) in [6, 6.07) is 0. The molecule has 0 heterocycles. The van der Waals surface area contributed by atoms with E-state index in [0.29, 0.717) is 25.7 Å². The van der Waals surface area contributed by atoms with Crippen molar-refractivity contribution in [2.24, 2.45) is 0 Å². The molecule has 0 aliphatic rings. The van der Waals surface area contributed by atoms with Crippen LogP contribution in [0.1, 0.15) is 71.1 Å². The summed E-state index contributed by atoms with van der Waals surface area (Å²) >= 11 is 0. The second-order valence-electron chi connectivity index (χ2n) is 6.09. The molecule has 0 saturated heterocycles. The van der Waals surface area contributed by atoms with Crippen LogP contribution in [0.15, 0.2) is 47.9 Å². The Morgan fingerprint density at radius 1 is 0.778 bits per heavy atom. The third-order valence-electron chi connectivity index (χ3n) is 3.83. The van der Waals surface area contributed by atoms with E-state index in [2.05, 4.69) is 6.92 Å². The molecule has 7 nitrogen and oxygen atoms in total. The molecule has 0 aromatic carbocycles. The van der Waals surface area contributed by atoms with Gasteiger partial charge in [-0.1, -0.05) is 44.1 Å². The van der Waals surface area contributed by atoms with E-state index in [9.17, 15) is 25.0 Å². The molecular formula is C20H30N2O5. The summed E-state index contributed by atoms with van der Waals surface area (Å²) in [7, 11) is 0. The Kier molecular flexibility index (Phi) is 15.3. The minimum Gasteiger partial charge on any atom is -0.303 e. The number of nitro groups is 2. The van der Waals surface area contributed by atoms with Crippen LogP contribution >= 0.6 is 0 Å². The lowest BCUT2D eigenvalue weighted by Crippen LogP contribution is -1.99. The summed E-state index contributed by atoms with van der Waals surface area (Å²) in [5, 5.41) is 22.0. The van der Waals surface area contributed by atoms with Crippen molar-refractivity contribution in [2.75, 3.05) is 0 Å². The molecule has 27 heavy (non-hydrogen) atoms. The van der Waals surface area contributed by atoms with Gasteiger partial charge in [0, 0.05) is 6.42 Å².